The van der Waals surface area contributed by atoms with E-state index in [-0.39, 0.29) is 5.91 Å². The van der Waals surface area contributed by atoms with Crippen molar-refractivity contribution in [2.24, 2.45) is 11.8 Å². The van der Waals surface area contributed by atoms with Crippen molar-refractivity contribution in [2.45, 2.75) is 25.7 Å². The molecule has 2 fully saturated rings. The molecular weight excluding hydrogens is 272 g/mol. The minimum Gasteiger partial charge on any atom is -0.375 e. The molecule has 110 valence electrons. The van der Waals surface area contributed by atoms with Crippen LogP contribution in [0.15, 0.2) is 6.20 Å². The van der Waals surface area contributed by atoms with E-state index < -0.39 is 0 Å². The Kier molecular flexibility index (Phi) is 4.21. The summed E-state index contributed by atoms with van der Waals surface area (Å²) in [6, 6.07) is 0. The Hall–Kier alpha value is -1.14. The number of nitrogens with one attached hydrogen (secondary N) is 1. The molecule has 0 atom stereocenters. The number of hydrogen-bond donors (Lipinski definition) is 2. The van der Waals surface area contributed by atoms with Gasteiger partial charge in [-0.2, -0.15) is 0 Å². The van der Waals surface area contributed by atoms with Crippen LogP contribution in [0.2, 0.25) is 0 Å². The number of nitrogen functional groups attached to an aromatic ring is 1. The molecule has 2 heterocycles. The number of carbonyl (C=O) groups is 1. The van der Waals surface area contributed by atoms with Crippen LogP contribution in [0.1, 0.15) is 35.4 Å². The molecule has 20 heavy (non-hydrogen) atoms. The zero-order chi connectivity index (χ0) is 13.9. The third kappa shape index (κ3) is 3.70. The smallest absolute Gasteiger partial charge is 0.263 e. The standard InChI is InChI=1S/C14H22N4OS/c15-14-17-8-12(20-14)13(19)16-7-10-3-5-18(6-4-10)9-11-1-2-11/h8,10-11H,1-7,9H2,(H2,15,17)(H,16,19). The van der Waals surface area contributed by atoms with Crippen LogP contribution in [0.25, 0.3) is 0 Å². The Morgan fingerprint density at radius 2 is 2.10 bits per heavy atom. The van der Waals surface area contributed by atoms with E-state index in [0.717, 1.165) is 12.5 Å². The molecule has 1 aliphatic carbocycles. The van der Waals surface area contributed by atoms with E-state index in [0.29, 0.717) is 15.9 Å². The third-order valence-electron chi connectivity index (χ3n) is 4.22. The number of carbonyl (C=O) groups excluding carboxylic acids is 1. The zero-order valence-electron chi connectivity index (χ0n) is 11.7. The summed E-state index contributed by atoms with van der Waals surface area (Å²) in [5.41, 5.74) is 5.54. The Labute approximate surface area is 123 Å². The fraction of sp³-hybridized carbons (Fsp3) is 0.714. The zero-order valence-corrected chi connectivity index (χ0v) is 12.5. The first-order valence-electron chi connectivity index (χ1n) is 7.42. The summed E-state index contributed by atoms with van der Waals surface area (Å²) >= 11 is 1.24. The lowest BCUT2D eigenvalue weighted by atomic mass is 9.96. The average molecular weight is 294 g/mol. The number of aromatic nitrogens is 1. The first-order chi connectivity index (χ1) is 9.70. The van der Waals surface area contributed by atoms with Crippen LogP contribution in [0.5, 0.6) is 0 Å². The Balaban J connectivity index is 1.37. The Bertz CT molecular complexity index is 463. The summed E-state index contributed by atoms with van der Waals surface area (Å²) in [4.78, 5) is 19.0. The third-order valence-corrected chi connectivity index (χ3v) is 5.04. The molecule has 3 N–H and O–H groups in total. The van der Waals surface area contributed by atoms with Gasteiger partial charge in [-0.15, -0.1) is 0 Å². The van der Waals surface area contributed by atoms with Crippen LogP contribution >= 0.6 is 11.3 Å². The number of amides is 1. The SMILES string of the molecule is Nc1ncc(C(=O)NCC2CCN(CC3CC3)CC2)s1. The second-order valence-electron chi connectivity index (χ2n) is 5.96. The molecule has 3 rings (SSSR count). The second kappa shape index (κ2) is 6.10. The summed E-state index contributed by atoms with van der Waals surface area (Å²) in [6.07, 6.45) is 6.78. The van der Waals surface area contributed by atoms with E-state index in [4.69, 9.17) is 5.73 Å². The van der Waals surface area contributed by atoms with Crippen molar-refractivity contribution in [1.29, 1.82) is 0 Å². The van der Waals surface area contributed by atoms with Gasteiger partial charge in [-0.25, -0.2) is 4.98 Å². The summed E-state index contributed by atoms with van der Waals surface area (Å²) in [7, 11) is 0. The molecule has 5 nitrogen and oxygen atoms in total. The van der Waals surface area contributed by atoms with Crippen molar-refractivity contribution in [3.8, 4) is 0 Å². The number of piperidine rings is 1. The summed E-state index contributed by atoms with van der Waals surface area (Å²) < 4.78 is 0. The molecule has 1 saturated heterocycles. The van der Waals surface area contributed by atoms with Gasteiger partial charge < -0.3 is 16.0 Å². The maximum atomic E-state index is 11.9. The van der Waals surface area contributed by atoms with Gasteiger partial charge in [0.05, 0.1) is 6.20 Å². The molecule has 0 spiro atoms. The normalized spacial score (nSPS) is 21.0. The summed E-state index contributed by atoms with van der Waals surface area (Å²) in [6.45, 7) is 4.43. The molecule has 0 unspecified atom stereocenters. The topological polar surface area (TPSA) is 71.2 Å². The molecule has 6 heteroatoms. The molecule has 1 saturated carbocycles. The van der Waals surface area contributed by atoms with Gasteiger partial charge in [0.1, 0.15) is 4.88 Å². The molecular formula is C14H22N4OS. The Morgan fingerprint density at radius 1 is 1.35 bits per heavy atom. The highest BCUT2D eigenvalue weighted by molar-refractivity contribution is 7.17. The molecule has 1 aliphatic heterocycles. The Morgan fingerprint density at radius 3 is 2.70 bits per heavy atom. The largest absolute Gasteiger partial charge is 0.375 e. The fourth-order valence-electron chi connectivity index (χ4n) is 2.76. The van der Waals surface area contributed by atoms with Crippen molar-refractivity contribution in [3.63, 3.8) is 0 Å². The van der Waals surface area contributed by atoms with Gasteiger partial charge in [0, 0.05) is 13.1 Å². The fourth-order valence-corrected chi connectivity index (χ4v) is 3.36. The van der Waals surface area contributed by atoms with Gasteiger partial charge in [0.2, 0.25) is 0 Å². The number of likely N-dealkylation sites (tertiary alicyclic amines) is 1. The van der Waals surface area contributed by atoms with E-state index in [9.17, 15) is 4.79 Å². The van der Waals surface area contributed by atoms with Crippen molar-refractivity contribution in [3.05, 3.63) is 11.1 Å². The van der Waals surface area contributed by atoms with Gasteiger partial charge in [0.25, 0.3) is 5.91 Å². The van der Waals surface area contributed by atoms with E-state index >= 15 is 0 Å². The highest BCUT2D eigenvalue weighted by Gasteiger charge is 2.27. The first kappa shape index (κ1) is 13.8. The highest BCUT2D eigenvalue weighted by Crippen LogP contribution is 2.31. The predicted octanol–water partition coefficient (Wildman–Crippen LogP) is 1.58. The van der Waals surface area contributed by atoms with Crippen molar-refractivity contribution < 1.29 is 4.79 Å². The minimum atomic E-state index is -0.0420. The summed E-state index contributed by atoms with van der Waals surface area (Å²) in [5.74, 6) is 1.54. The van der Waals surface area contributed by atoms with Gasteiger partial charge in [0.15, 0.2) is 5.13 Å². The lowest BCUT2D eigenvalue weighted by Gasteiger charge is -2.32. The van der Waals surface area contributed by atoms with Gasteiger partial charge in [-0.3, -0.25) is 4.79 Å². The first-order valence-corrected chi connectivity index (χ1v) is 8.24. The van der Waals surface area contributed by atoms with Crippen LogP contribution in [0.3, 0.4) is 0 Å². The van der Waals surface area contributed by atoms with Crippen LogP contribution in [-0.4, -0.2) is 42.0 Å². The van der Waals surface area contributed by atoms with E-state index in [1.807, 2.05) is 0 Å². The van der Waals surface area contributed by atoms with E-state index in [1.54, 1.807) is 6.20 Å². The van der Waals surface area contributed by atoms with Gasteiger partial charge >= 0.3 is 0 Å². The molecule has 1 aromatic rings. The van der Waals surface area contributed by atoms with Crippen molar-refractivity contribution in [1.82, 2.24) is 15.2 Å². The number of anilines is 1. The quantitative estimate of drug-likeness (QED) is 0.865. The van der Waals surface area contributed by atoms with Crippen molar-refractivity contribution in [2.75, 3.05) is 31.9 Å². The highest BCUT2D eigenvalue weighted by atomic mass is 32.1. The maximum absolute atomic E-state index is 11.9. The molecule has 0 bridgehead atoms. The molecule has 0 radical (unpaired) electrons. The van der Waals surface area contributed by atoms with Crippen LogP contribution in [0, 0.1) is 11.8 Å². The van der Waals surface area contributed by atoms with Gasteiger partial charge in [-0.1, -0.05) is 11.3 Å². The van der Waals surface area contributed by atoms with E-state index in [2.05, 4.69) is 15.2 Å². The lowest BCUT2D eigenvalue weighted by Crippen LogP contribution is -2.39. The van der Waals surface area contributed by atoms with Crippen LogP contribution < -0.4 is 11.1 Å². The number of nitrogens with zero attached hydrogens (tertiary/aromatic N) is 2. The predicted molar refractivity (Wildman–Crippen MR) is 80.7 cm³/mol. The number of nitrogens with two attached hydrogens (primary N) is 1. The number of hydrogen-bond acceptors (Lipinski definition) is 5. The minimum absolute atomic E-state index is 0.0420. The van der Waals surface area contributed by atoms with Crippen molar-refractivity contribution >= 4 is 22.4 Å². The van der Waals surface area contributed by atoms with Crippen LogP contribution in [0.4, 0.5) is 5.13 Å². The van der Waals surface area contributed by atoms with Crippen LogP contribution in [-0.2, 0) is 0 Å². The molecule has 0 aromatic carbocycles. The monoisotopic (exact) mass is 294 g/mol. The maximum Gasteiger partial charge on any atom is 0.263 e. The average Bonchev–Trinajstić information content (AvgIpc) is 3.16. The second-order valence-corrected chi connectivity index (χ2v) is 7.02. The van der Waals surface area contributed by atoms with E-state index in [1.165, 1.54) is 56.7 Å². The molecule has 1 amide bonds. The van der Waals surface area contributed by atoms with Gasteiger partial charge in [-0.05, 0) is 50.6 Å². The summed E-state index contributed by atoms with van der Waals surface area (Å²) in [5, 5.41) is 3.46. The molecule has 2 aliphatic rings. The molecule has 1 aromatic heterocycles. The lowest BCUT2D eigenvalue weighted by molar-refractivity contribution is 0.0939. The number of thiazole rings is 1. The number of rotatable bonds is 5.